The Labute approximate surface area is 134 Å². The van der Waals surface area contributed by atoms with Crippen molar-refractivity contribution in [1.29, 1.82) is 0 Å². The molecule has 2 aliphatic rings. The second kappa shape index (κ2) is 6.00. The first kappa shape index (κ1) is 14.2. The number of rotatable bonds is 3. The molecule has 0 bridgehead atoms. The highest BCUT2D eigenvalue weighted by atomic mass is 16.5. The van der Waals surface area contributed by atoms with Crippen LogP contribution in [0.15, 0.2) is 30.7 Å². The minimum Gasteiger partial charge on any atom is -0.378 e. The van der Waals surface area contributed by atoms with Crippen LogP contribution in [0.1, 0.15) is 11.3 Å². The van der Waals surface area contributed by atoms with Crippen LogP contribution >= 0.6 is 0 Å². The van der Waals surface area contributed by atoms with Crippen LogP contribution in [0.4, 0.5) is 5.95 Å². The van der Waals surface area contributed by atoms with Gasteiger partial charge in [0.05, 0.1) is 25.5 Å². The van der Waals surface area contributed by atoms with Crippen molar-refractivity contribution in [3.05, 3.63) is 42.0 Å². The van der Waals surface area contributed by atoms with Gasteiger partial charge in [-0.2, -0.15) is 0 Å². The van der Waals surface area contributed by atoms with Crippen LogP contribution in [0.5, 0.6) is 0 Å². The molecular weight excluding hydrogens is 294 g/mol. The Bertz CT molecular complexity index is 695. The van der Waals surface area contributed by atoms with Gasteiger partial charge in [0.2, 0.25) is 11.9 Å². The van der Waals surface area contributed by atoms with E-state index in [4.69, 9.17) is 4.74 Å². The lowest BCUT2D eigenvalue weighted by molar-refractivity contribution is -0.132. The van der Waals surface area contributed by atoms with Gasteiger partial charge >= 0.3 is 0 Å². The van der Waals surface area contributed by atoms with Gasteiger partial charge in [0.25, 0.3) is 0 Å². The molecule has 0 atom stereocenters. The van der Waals surface area contributed by atoms with E-state index in [1.165, 1.54) is 0 Å². The van der Waals surface area contributed by atoms with Crippen molar-refractivity contribution in [2.24, 2.45) is 0 Å². The molecule has 7 heteroatoms. The second-order valence-corrected chi connectivity index (χ2v) is 5.85. The van der Waals surface area contributed by atoms with E-state index in [0.717, 1.165) is 30.3 Å². The van der Waals surface area contributed by atoms with Crippen LogP contribution < -0.4 is 4.90 Å². The monoisotopic (exact) mass is 313 g/mol. The van der Waals surface area contributed by atoms with Gasteiger partial charge in [-0.1, -0.05) is 0 Å². The van der Waals surface area contributed by atoms with Crippen LogP contribution in [0.2, 0.25) is 0 Å². The Balaban J connectivity index is 1.45. The molecule has 0 spiro atoms. The van der Waals surface area contributed by atoms with Crippen LogP contribution in [0.25, 0.3) is 0 Å². The summed E-state index contributed by atoms with van der Waals surface area (Å²) < 4.78 is 7.24. The number of nitrogens with zero attached hydrogens (tertiary/aromatic N) is 5. The van der Waals surface area contributed by atoms with Gasteiger partial charge in [0.1, 0.15) is 6.54 Å². The Morgan fingerprint density at radius 2 is 1.96 bits per heavy atom. The second-order valence-electron chi connectivity index (χ2n) is 5.85. The number of amides is 1. The smallest absolute Gasteiger partial charge is 0.243 e. The van der Waals surface area contributed by atoms with Crippen molar-refractivity contribution in [2.45, 2.75) is 19.6 Å². The molecule has 2 aromatic heterocycles. The molecule has 23 heavy (non-hydrogen) atoms. The molecule has 0 saturated carbocycles. The quantitative estimate of drug-likeness (QED) is 0.833. The minimum absolute atomic E-state index is 0.104. The first-order valence-electron chi connectivity index (χ1n) is 7.85. The van der Waals surface area contributed by atoms with Gasteiger partial charge in [0.15, 0.2) is 0 Å². The van der Waals surface area contributed by atoms with Crippen molar-refractivity contribution in [2.75, 3.05) is 31.2 Å². The number of aromatic nitrogens is 3. The van der Waals surface area contributed by atoms with E-state index in [1.807, 2.05) is 40.2 Å². The predicted octanol–water partition coefficient (Wildman–Crippen LogP) is 0.657. The normalized spacial score (nSPS) is 17.4. The average molecular weight is 313 g/mol. The molecular formula is C16H19N5O2. The molecule has 7 nitrogen and oxygen atoms in total. The highest BCUT2D eigenvalue weighted by molar-refractivity contribution is 5.76. The summed E-state index contributed by atoms with van der Waals surface area (Å²) in [7, 11) is 0. The predicted molar refractivity (Wildman–Crippen MR) is 83.8 cm³/mol. The van der Waals surface area contributed by atoms with Gasteiger partial charge in [0, 0.05) is 43.8 Å². The highest BCUT2D eigenvalue weighted by Crippen LogP contribution is 2.23. The molecule has 2 aliphatic heterocycles. The third-order valence-corrected chi connectivity index (χ3v) is 4.27. The lowest BCUT2D eigenvalue weighted by Gasteiger charge is -2.26. The van der Waals surface area contributed by atoms with Gasteiger partial charge < -0.3 is 19.1 Å². The van der Waals surface area contributed by atoms with Gasteiger partial charge in [-0.15, -0.1) is 0 Å². The number of anilines is 1. The molecule has 0 radical (unpaired) electrons. The Hall–Kier alpha value is -2.41. The van der Waals surface area contributed by atoms with Crippen molar-refractivity contribution < 1.29 is 9.53 Å². The van der Waals surface area contributed by atoms with E-state index in [9.17, 15) is 4.79 Å². The molecule has 120 valence electrons. The van der Waals surface area contributed by atoms with Gasteiger partial charge in [-0.05, 0) is 12.1 Å². The van der Waals surface area contributed by atoms with E-state index in [1.54, 1.807) is 0 Å². The Kier molecular flexibility index (Phi) is 3.70. The van der Waals surface area contributed by atoms with E-state index in [2.05, 4.69) is 14.9 Å². The maximum absolute atomic E-state index is 12.4. The minimum atomic E-state index is 0.104. The molecule has 1 fully saturated rings. The largest absolute Gasteiger partial charge is 0.378 e. The summed E-state index contributed by atoms with van der Waals surface area (Å²) >= 11 is 0. The lowest BCUT2D eigenvalue weighted by Crippen LogP contribution is -2.37. The number of fused-ring (bicyclic) bond motifs is 1. The molecule has 2 aromatic rings. The maximum atomic E-state index is 12.4. The number of carbonyl (C=O) groups excluding carboxylic acids is 1. The van der Waals surface area contributed by atoms with E-state index in [0.29, 0.717) is 32.8 Å². The van der Waals surface area contributed by atoms with Crippen LogP contribution in [0, 0.1) is 0 Å². The topological polar surface area (TPSA) is 63.5 Å². The fourth-order valence-electron chi connectivity index (χ4n) is 2.97. The first-order chi connectivity index (χ1) is 11.3. The van der Waals surface area contributed by atoms with E-state index in [-0.39, 0.29) is 5.91 Å². The van der Waals surface area contributed by atoms with E-state index < -0.39 is 0 Å². The molecule has 0 unspecified atom stereocenters. The Morgan fingerprint density at radius 1 is 1.17 bits per heavy atom. The Morgan fingerprint density at radius 3 is 2.74 bits per heavy atom. The van der Waals surface area contributed by atoms with Gasteiger partial charge in [-0.3, -0.25) is 4.79 Å². The fourth-order valence-corrected chi connectivity index (χ4v) is 2.97. The maximum Gasteiger partial charge on any atom is 0.243 e. The molecule has 4 heterocycles. The van der Waals surface area contributed by atoms with Crippen LogP contribution in [-0.2, 0) is 29.2 Å². The lowest BCUT2D eigenvalue weighted by atomic mass is 10.3. The summed E-state index contributed by atoms with van der Waals surface area (Å²) in [5.41, 5.74) is 2.00. The molecule has 0 aliphatic carbocycles. The number of hydrogen-bond donors (Lipinski definition) is 0. The highest BCUT2D eigenvalue weighted by Gasteiger charge is 2.26. The van der Waals surface area contributed by atoms with E-state index >= 15 is 0 Å². The summed E-state index contributed by atoms with van der Waals surface area (Å²) in [5, 5.41) is 0. The van der Waals surface area contributed by atoms with Gasteiger partial charge in [-0.25, -0.2) is 9.97 Å². The van der Waals surface area contributed by atoms with Crippen molar-refractivity contribution in [3.63, 3.8) is 0 Å². The fraction of sp³-hybridized carbons (Fsp3) is 0.438. The van der Waals surface area contributed by atoms with Crippen LogP contribution in [-0.4, -0.2) is 51.6 Å². The molecule has 1 saturated heterocycles. The third-order valence-electron chi connectivity index (χ3n) is 4.27. The SMILES string of the molecule is O=C(Cn1cccc1)N1Cc2cnc(N3CCOCC3)nc2C1. The number of ether oxygens (including phenoxy) is 1. The summed E-state index contributed by atoms with van der Waals surface area (Å²) in [6.45, 7) is 4.58. The number of morpholine rings is 1. The third kappa shape index (κ3) is 2.92. The molecule has 0 aromatic carbocycles. The molecule has 1 amide bonds. The number of carbonyl (C=O) groups is 1. The summed E-state index contributed by atoms with van der Waals surface area (Å²) in [4.78, 5) is 25.5. The van der Waals surface area contributed by atoms with Crippen molar-refractivity contribution in [3.8, 4) is 0 Å². The first-order valence-corrected chi connectivity index (χ1v) is 7.85. The molecule has 0 N–H and O–H groups in total. The summed E-state index contributed by atoms with van der Waals surface area (Å²) in [5.74, 6) is 0.846. The number of hydrogen-bond acceptors (Lipinski definition) is 5. The zero-order valence-corrected chi connectivity index (χ0v) is 12.9. The zero-order chi connectivity index (χ0) is 15.6. The van der Waals surface area contributed by atoms with Crippen molar-refractivity contribution in [1.82, 2.24) is 19.4 Å². The van der Waals surface area contributed by atoms with Crippen LogP contribution in [0.3, 0.4) is 0 Å². The zero-order valence-electron chi connectivity index (χ0n) is 12.9. The standard InChI is InChI=1S/C16H19N5O2/c22-15(12-19-3-1-2-4-19)21-10-13-9-17-16(18-14(13)11-21)20-5-7-23-8-6-20/h1-4,9H,5-8,10-12H2. The molecule has 4 rings (SSSR count). The summed E-state index contributed by atoms with van der Waals surface area (Å²) in [6, 6.07) is 3.85. The summed E-state index contributed by atoms with van der Waals surface area (Å²) in [6.07, 6.45) is 5.66. The van der Waals surface area contributed by atoms with Crippen molar-refractivity contribution >= 4 is 11.9 Å². The average Bonchev–Trinajstić information content (AvgIpc) is 3.24.